The van der Waals surface area contributed by atoms with Crippen molar-refractivity contribution in [3.8, 4) is 0 Å². The lowest BCUT2D eigenvalue weighted by Gasteiger charge is -2.22. The van der Waals surface area contributed by atoms with Crippen molar-refractivity contribution in [1.82, 2.24) is 0 Å². The summed E-state index contributed by atoms with van der Waals surface area (Å²) >= 11 is 0. The van der Waals surface area contributed by atoms with E-state index in [0.29, 0.717) is 13.2 Å². The van der Waals surface area contributed by atoms with Gasteiger partial charge < -0.3 is 15.2 Å². The minimum Gasteiger partial charge on any atom is -0.387 e. The largest absolute Gasteiger partial charge is 0.394 e. The van der Waals surface area contributed by atoms with Gasteiger partial charge in [0.1, 0.15) is 0 Å². The average molecular weight is 238 g/mol. The van der Waals surface area contributed by atoms with Crippen LogP contribution < -0.4 is 5.73 Å². The molecule has 16 heavy (non-hydrogen) atoms. The first-order valence-electron chi connectivity index (χ1n) is 5.09. The van der Waals surface area contributed by atoms with Crippen molar-refractivity contribution in [2.24, 2.45) is 16.6 Å². The van der Waals surface area contributed by atoms with E-state index in [0.717, 1.165) is 0 Å². The van der Waals surface area contributed by atoms with Gasteiger partial charge in [-0.1, -0.05) is 0 Å². The maximum absolute atomic E-state index is 12.6. The van der Waals surface area contributed by atoms with Gasteiger partial charge in [0, 0.05) is 12.8 Å². The Hall–Kier alpha value is -0.820. The van der Waals surface area contributed by atoms with Gasteiger partial charge in [0.2, 0.25) is 0 Å². The molecule has 0 aromatic rings. The summed E-state index contributed by atoms with van der Waals surface area (Å²) in [7, 11) is 0. The van der Waals surface area contributed by atoms with Gasteiger partial charge in [-0.05, 0) is 0 Å². The lowest BCUT2D eigenvalue weighted by atomic mass is 9.96. The van der Waals surface area contributed by atoms with Crippen LogP contribution >= 0.6 is 0 Å². The quantitative estimate of drug-likeness (QED) is 0.782. The van der Waals surface area contributed by atoms with Gasteiger partial charge in [-0.3, -0.25) is 4.99 Å². The smallest absolute Gasteiger partial charge is 0.387 e. The first kappa shape index (κ1) is 11.7. The zero-order valence-corrected chi connectivity index (χ0v) is 8.54. The predicted octanol–water partition coefficient (Wildman–Crippen LogP) is 1.06. The molecule has 0 aliphatic carbocycles. The third kappa shape index (κ3) is 2.46. The Balaban J connectivity index is 1.99. The van der Waals surface area contributed by atoms with Crippen molar-refractivity contribution in [3.05, 3.63) is 0 Å². The van der Waals surface area contributed by atoms with Gasteiger partial charge in [0.05, 0.1) is 31.0 Å². The fourth-order valence-corrected chi connectivity index (χ4v) is 2.01. The minimum atomic E-state index is -4.27. The number of nitrogens with zero attached hydrogens (tertiary/aromatic N) is 1. The molecule has 2 atom stereocenters. The molecule has 0 bridgehead atoms. The van der Waals surface area contributed by atoms with E-state index in [1.807, 2.05) is 0 Å². The van der Waals surface area contributed by atoms with Crippen LogP contribution in [-0.4, -0.2) is 37.6 Å². The molecular formula is C9H13F3N2O2. The number of hydrogen-bond acceptors (Lipinski definition) is 4. The Kier molecular flexibility index (Phi) is 3.07. The first-order chi connectivity index (χ1) is 7.47. The second kappa shape index (κ2) is 4.21. The van der Waals surface area contributed by atoms with Crippen LogP contribution in [0, 0.1) is 5.92 Å². The van der Waals surface area contributed by atoms with Crippen molar-refractivity contribution in [3.63, 3.8) is 0 Å². The summed E-state index contributed by atoms with van der Waals surface area (Å²) in [5.41, 5.74) is 5.35. The third-order valence-electron chi connectivity index (χ3n) is 2.77. The number of alkyl halides is 3. The van der Waals surface area contributed by atoms with Crippen LogP contribution in [0.15, 0.2) is 4.99 Å². The van der Waals surface area contributed by atoms with Crippen molar-refractivity contribution >= 4 is 5.84 Å². The summed E-state index contributed by atoms with van der Waals surface area (Å²) in [5, 5.41) is 0. The van der Waals surface area contributed by atoms with Gasteiger partial charge in [0.15, 0.2) is 6.29 Å². The van der Waals surface area contributed by atoms with E-state index in [2.05, 4.69) is 4.99 Å². The minimum absolute atomic E-state index is 0.0605. The second-order valence-corrected chi connectivity index (χ2v) is 3.95. The highest BCUT2D eigenvalue weighted by atomic mass is 19.4. The molecule has 0 aromatic carbocycles. The monoisotopic (exact) mass is 238 g/mol. The normalized spacial score (nSPS) is 32.1. The molecule has 0 spiro atoms. The van der Waals surface area contributed by atoms with Crippen LogP contribution in [0.5, 0.6) is 0 Å². The third-order valence-corrected chi connectivity index (χ3v) is 2.77. The van der Waals surface area contributed by atoms with Crippen molar-refractivity contribution in [2.75, 3.05) is 13.2 Å². The highest BCUT2D eigenvalue weighted by Gasteiger charge is 2.48. The van der Waals surface area contributed by atoms with E-state index in [4.69, 9.17) is 15.2 Å². The van der Waals surface area contributed by atoms with Crippen LogP contribution in [-0.2, 0) is 9.47 Å². The summed E-state index contributed by atoms with van der Waals surface area (Å²) in [4.78, 5) is 3.81. The fourth-order valence-electron chi connectivity index (χ4n) is 2.01. The van der Waals surface area contributed by atoms with Crippen molar-refractivity contribution in [2.45, 2.75) is 31.3 Å². The first-order valence-corrected chi connectivity index (χ1v) is 5.09. The maximum atomic E-state index is 12.6. The number of aliphatic imine (C=N–C) groups is 1. The summed E-state index contributed by atoms with van der Waals surface area (Å²) in [5.74, 6) is -1.44. The molecule has 1 fully saturated rings. The lowest BCUT2D eigenvalue weighted by molar-refractivity contribution is -0.180. The molecule has 2 N–H and O–H groups in total. The number of amidine groups is 1. The maximum Gasteiger partial charge on any atom is 0.394 e. The van der Waals surface area contributed by atoms with E-state index in [-0.39, 0.29) is 18.7 Å². The molecule has 0 radical (unpaired) electrons. The van der Waals surface area contributed by atoms with Crippen molar-refractivity contribution in [1.29, 1.82) is 0 Å². The number of nitrogens with two attached hydrogens (primary N) is 1. The molecule has 92 valence electrons. The highest BCUT2D eigenvalue weighted by molar-refractivity contribution is 5.82. The standard InChI is InChI=1S/C9H13F3N2O2/c10-9(11,12)5-3-7(13)14-6(5)4-8-15-1-2-16-8/h5-6,8H,1-4H2,(H2,13,14)/t5?,6-/m0/s1. The van der Waals surface area contributed by atoms with Crippen molar-refractivity contribution < 1.29 is 22.6 Å². The Morgan fingerprint density at radius 3 is 2.50 bits per heavy atom. The highest BCUT2D eigenvalue weighted by Crippen LogP contribution is 2.38. The number of ether oxygens (including phenoxy) is 2. The molecule has 1 saturated heterocycles. The molecular weight excluding hydrogens is 225 g/mol. The van der Waals surface area contributed by atoms with E-state index in [9.17, 15) is 13.2 Å². The molecule has 2 aliphatic rings. The summed E-state index contributed by atoms with van der Waals surface area (Å²) in [6.07, 6.45) is -4.95. The SMILES string of the molecule is NC1=N[C@@H](CC2OCCO2)C(C(F)(F)F)C1. The molecule has 0 aromatic heterocycles. The fraction of sp³-hybridized carbons (Fsp3) is 0.889. The Morgan fingerprint density at radius 2 is 1.94 bits per heavy atom. The van der Waals surface area contributed by atoms with Crippen LogP contribution in [0.2, 0.25) is 0 Å². The van der Waals surface area contributed by atoms with Gasteiger partial charge in [-0.25, -0.2) is 0 Å². The molecule has 7 heteroatoms. The van der Waals surface area contributed by atoms with Gasteiger partial charge in [-0.2, -0.15) is 13.2 Å². The summed E-state index contributed by atoms with van der Waals surface area (Å²) < 4.78 is 48.2. The second-order valence-electron chi connectivity index (χ2n) is 3.95. The average Bonchev–Trinajstić information content (AvgIpc) is 2.74. The number of hydrogen-bond donors (Lipinski definition) is 1. The van der Waals surface area contributed by atoms with Crippen LogP contribution in [0.3, 0.4) is 0 Å². The topological polar surface area (TPSA) is 56.8 Å². The molecule has 2 aliphatic heterocycles. The van der Waals surface area contributed by atoms with Gasteiger partial charge >= 0.3 is 6.18 Å². The number of halogens is 3. The Bertz CT molecular complexity index is 287. The van der Waals surface area contributed by atoms with E-state index < -0.39 is 24.4 Å². The zero-order chi connectivity index (χ0) is 11.8. The zero-order valence-electron chi connectivity index (χ0n) is 8.54. The van der Waals surface area contributed by atoms with E-state index in [1.54, 1.807) is 0 Å². The summed E-state index contributed by atoms with van der Waals surface area (Å²) in [6, 6.07) is -0.872. The van der Waals surface area contributed by atoms with E-state index in [1.165, 1.54) is 0 Å². The molecule has 0 amide bonds. The predicted molar refractivity (Wildman–Crippen MR) is 49.9 cm³/mol. The van der Waals surface area contributed by atoms with Gasteiger partial charge in [-0.15, -0.1) is 0 Å². The van der Waals surface area contributed by atoms with Gasteiger partial charge in [0.25, 0.3) is 0 Å². The number of rotatable bonds is 2. The molecule has 4 nitrogen and oxygen atoms in total. The molecule has 2 rings (SSSR count). The van der Waals surface area contributed by atoms with Crippen LogP contribution in [0.4, 0.5) is 13.2 Å². The lowest BCUT2D eigenvalue weighted by Crippen LogP contribution is -2.33. The van der Waals surface area contributed by atoms with Crippen LogP contribution in [0.25, 0.3) is 0 Å². The van der Waals surface area contributed by atoms with Crippen LogP contribution in [0.1, 0.15) is 12.8 Å². The Labute approximate surface area is 90.6 Å². The summed E-state index contributed by atoms with van der Waals surface area (Å²) in [6.45, 7) is 0.848. The molecule has 1 unspecified atom stereocenters. The molecule has 0 saturated carbocycles. The molecule has 2 heterocycles. The van der Waals surface area contributed by atoms with E-state index >= 15 is 0 Å². The Morgan fingerprint density at radius 1 is 1.31 bits per heavy atom.